The summed E-state index contributed by atoms with van der Waals surface area (Å²) in [4.78, 5) is 6.68. The van der Waals surface area contributed by atoms with Crippen LogP contribution in [0.15, 0.2) is 35.3 Å². The lowest BCUT2D eigenvalue weighted by molar-refractivity contribution is 0.259. The van der Waals surface area contributed by atoms with E-state index in [0.29, 0.717) is 13.1 Å². The van der Waals surface area contributed by atoms with Crippen LogP contribution in [0.5, 0.6) is 0 Å². The highest BCUT2D eigenvalue weighted by Gasteiger charge is 2.21. The number of hydrogen-bond acceptors (Lipinski definition) is 3. The number of hydrogen-bond donors (Lipinski definition) is 2. The van der Waals surface area contributed by atoms with Gasteiger partial charge in [-0.25, -0.2) is 13.1 Å². The van der Waals surface area contributed by atoms with Gasteiger partial charge in [-0.05, 0) is 44.1 Å². The van der Waals surface area contributed by atoms with E-state index in [0.717, 1.165) is 37.8 Å². The van der Waals surface area contributed by atoms with Crippen LogP contribution in [-0.2, 0) is 16.4 Å². The van der Waals surface area contributed by atoms with Gasteiger partial charge in [0.15, 0.2) is 5.96 Å². The summed E-state index contributed by atoms with van der Waals surface area (Å²) in [7, 11) is -1.29. The van der Waals surface area contributed by atoms with Gasteiger partial charge in [0, 0.05) is 33.2 Å². The number of nitrogens with one attached hydrogen (secondary N) is 2. The van der Waals surface area contributed by atoms with E-state index in [1.807, 2.05) is 0 Å². The van der Waals surface area contributed by atoms with Crippen LogP contribution in [0.25, 0.3) is 0 Å². The average Bonchev–Trinajstić information content (AvgIpc) is 2.66. The number of halogens is 1. The Morgan fingerprint density at radius 3 is 2.44 bits per heavy atom. The van der Waals surface area contributed by atoms with Crippen molar-refractivity contribution in [1.82, 2.24) is 14.9 Å². The summed E-state index contributed by atoms with van der Waals surface area (Å²) in [6, 6.07) is 10.7. The molecular weight excluding hydrogens is 475 g/mol. The molecule has 1 saturated heterocycles. The van der Waals surface area contributed by atoms with E-state index < -0.39 is 10.0 Å². The van der Waals surface area contributed by atoms with Crippen molar-refractivity contribution in [2.45, 2.75) is 32.6 Å². The molecule has 0 radical (unpaired) electrons. The lowest BCUT2D eigenvalue weighted by Gasteiger charge is -2.34. The third kappa shape index (κ3) is 8.78. The van der Waals surface area contributed by atoms with Crippen LogP contribution in [0.1, 0.15) is 31.7 Å². The molecule has 0 saturated carbocycles. The molecule has 2 rings (SSSR count). The molecule has 8 heteroatoms. The summed E-state index contributed by atoms with van der Waals surface area (Å²) in [5.41, 5.74) is 1.42. The van der Waals surface area contributed by atoms with Crippen molar-refractivity contribution in [3.63, 3.8) is 0 Å². The van der Waals surface area contributed by atoms with Gasteiger partial charge < -0.3 is 10.2 Å². The Bertz CT molecular complexity index is 660. The second-order valence-electron chi connectivity index (χ2n) is 6.75. The maximum atomic E-state index is 11.4. The van der Waals surface area contributed by atoms with Crippen molar-refractivity contribution in [3.05, 3.63) is 35.9 Å². The van der Waals surface area contributed by atoms with Gasteiger partial charge in [0.25, 0.3) is 0 Å². The lowest BCUT2D eigenvalue weighted by Crippen LogP contribution is -2.46. The van der Waals surface area contributed by atoms with E-state index in [1.165, 1.54) is 18.4 Å². The molecule has 1 aromatic carbocycles. The molecule has 0 spiro atoms. The Kier molecular flexibility index (Phi) is 11.2. The van der Waals surface area contributed by atoms with Crippen molar-refractivity contribution < 1.29 is 8.42 Å². The van der Waals surface area contributed by atoms with Gasteiger partial charge >= 0.3 is 0 Å². The Morgan fingerprint density at radius 2 is 1.85 bits per heavy atom. The number of rotatable bonds is 8. The zero-order valence-corrected chi connectivity index (χ0v) is 19.5. The van der Waals surface area contributed by atoms with E-state index in [1.54, 1.807) is 14.0 Å². The van der Waals surface area contributed by atoms with Crippen molar-refractivity contribution in [1.29, 1.82) is 0 Å². The zero-order valence-electron chi connectivity index (χ0n) is 16.4. The largest absolute Gasteiger partial charge is 0.356 e. The molecule has 2 N–H and O–H groups in total. The highest BCUT2D eigenvalue weighted by Crippen LogP contribution is 2.21. The van der Waals surface area contributed by atoms with Crippen molar-refractivity contribution >= 4 is 40.0 Å². The second kappa shape index (κ2) is 12.6. The number of sulfonamides is 1. The molecule has 0 amide bonds. The fraction of sp³-hybridized carbons (Fsp3) is 0.632. The van der Waals surface area contributed by atoms with Crippen molar-refractivity contribution in [3.8, 4) is 0 Å². The third-order valence-corrected chi connectivity index (χ3v) is 6.24. The molecule has 1 aliphatic heterocycles. The molecule has 0 unspecified atom stereocenters. The molecule has 154 valence electrons. The minimum Gasteiger partial charge on any atom is -0.356 e. The van der Waals surface area contributed by atoms with Crippen LogP contribution in [-0.4, -0.2) is 58.3 Å². The molecule has 6 nitrogen and oxygen atoms in total. The van der Waals surface area contributed by atoms with Crippen molar-refractivity contribution in [2.24, 2.45) is 10.9 Å². The molecular formula is C19H33IN4O2S. The minimum atomic E-state index is -3.10. The molecule has 1 aliphatic rings. The van der Waals surface area contributed by atoms with Crippen LogP contribution < -0.4 is 10.0 Å². The minimum absolute atomic E-state index is 0. The summed E-state index contributed by atoms with van der Waals surface area (Å²) < 4.78 is 25.4. The molecule has 0 aromatic heterocycles. The molecule has 27 heavy (non-hydrogen) atoms. The monoisotopic (exact) mass is 508 g/mol. The molecule has 0 bridgehead atoms. The van der Waals surface area contributed by atoms with E-state index in [9.17, 15) is 8.42 Å². The standard InChI is InChI=1S/C19H32N4O2S.HI/c1-3-26(24,25)22-13-7-12-21-19(20-2)23-14-10-18(11-15-23)16-17-8-5-4-6-9-17;/h4-6,8-9,18,22H,3,7,10-16H2,1-2H3,(H,20,21);1H. The number of likely N-dealkylation sites (tertiary alicyclic amines) is 1. The van der Waals surface area contributed by atoms with Gasteiger partial charge in [-0.2, -0.15) is 0 Å². The van der Waals surface area contributed by atoms with Gasteiger partial charge in [-0.15, -0.1) is 24.0 Å². The first-order valence-corrected chi connectivity index (χ1v) is 11.2. The molecule has 1 aromatic rings. The van der Waals surface area contributed by atoms with Crippen LogP contribution in [0.4, 0.5) is 0 Å². The van der Waals surface area contributed by atoms with Crippen LogP contribution in [0, 0.1) is 5.92 Å². The normalized spacial score (nSPS) is 16.1. The highest BCUT2D eigenvalue weighted by molar-refractivity contribution is 14.0. The fourth-order valence-electron chi connectivity index (χ4n) is 3.25. The number of aliphatic imine (C=N–C) groups is 1. The van der Waals surface area contributed by atoms with Gasteiger partial charge in [-0.1, -0.05) is 30.3 Å². The smallest absolute Gasteiger partial charge is 0.211 e. The number of piperidine rings is 1. The van der Waals surface area contributed by atoms with Crippen LogP contribution in [0.2, 0.25) is 0 Å². The summed E-state index contributed by atoms with van der Waals surface area (Å²) in [6.45, 7) is 4.84. The summed E-state index contributed by atoms with van der Waals surface area (Å²) >= 11 is 0. The topological polar surface area (TPSA) is 73.8 Å². The predicted molar refractivity (Wildman–Crippen MR) is 123 cm³/mol. The zero-order chi connectivity index (χ0) is 18.8. The second-order valence-corrected chi connectivity index (χ2v) is 8.84. The van der Waals surface area contributed by atoms with E-state index >= 15 is 0 Å². The highest BCUT2D eigenvalue weighted by atomic mass is 127. The van der Waals surface area contributed by atoms with Gasteiger partial charge in [0.1, 0.15) is 0 Å². The van der Waals surface area contributed by atoms with E-state index in [4.69, 9.17) is 0 Å². The van der Waals surface area contributed by atoms with Crippen molar-refractivity contribution in [2.75, 3.05) is 39.0 Å². The Morgan fingerprint density at radius 1 is 1.19 bits per heavy atom. The van der Waals surface area contributed by atoms with E-state index in [-0.39, 0.29) is 29.7 Å². The third-order valence-electron chi connectivity index (χ3n) is 4.83. The average molecular weight is 508 g/mol. The number of nitrogens with zero attached hydrogens (tertiary/aromatic N) is 2. The summed E-state index contributed by atoms with van der Waals surface area (Å²) in [5, 5.41) is 3.35. The Hall–Kier alpha value is -0.870. The number of benzene rings is 1. The first kappa shape index (κ1) is 24.2. The maximum absolute atomic E-state index is 11.4. The van der Waals surface area contributed by atoms with Crippen LogP contribution in [0.3, 0.4) is 0 Å². The van der Waals surface area contributed by atoms with Gasteiger partial charge in [-0.3, -0.25) is 4.99 Å². The maximum Gasteiger partial charge on any atom is 0.211 e. The lowest BCUT2D eigenvalue weighted by atomic mass is 9.90. The molecule has 1 heterocycles. The van der Waals surface area contributed by atoms with Gasteiger partial charge in [0.2, 0.25) is 10.0 Å². The van der Waals surface area contributed by atoms with Crippen LogP contribution >= 0.6 is 24.0 Å². The quantitative estimate of drug-likeness (QED) is 0.245. The molecule has 0 atom stereocenters. The van der Waals surface area contributed by atoms with Gasteiger partial charge in [0.05, 0.1) is 5.75 Å². The predicted octanol–water partition coefficient (Wildman–Crippen LogP) is 2.46. The number of guanidine groups is 1. The summed E-state index contributed by atoms with van der Waals surface area (Å²) in [6.07, 6.45) is 4.23. The fourth-order valence-corrected chi connectivity index (χ4v) is 3.91. The SMILES string of the molecule is CCS(=O)(=O)NCCCNC(=NC)N1CCC(Cc2ccccc2)CC1.I. The van der Waals surface area contributed by atoms with E-state index in [2.05, 4.69) is 50.3 Å². The Labute approximate surface area is 181 Å². The first-order valence-electron chi connectivity index (χ1n) is 9.51. The molecule has 0 aliphatic carbocycles. The first-order chi connectivity index (χ1) is 12.5. The molecule has 1 fully saturated rings. The Balaban J connectivity index is 0.00000364. The summed E-state index contributed by atoms with van der Waals surface area (Å²) in [5.74, 6) is 1.77.